The second kappa shape index (κ2) is 6.58. The van der Waals surface area contributed by atoms with Crippen LogP contribution in [0.4, 0.5) is 5.95 Å². The molecule has 0 radical (unpaired) electrons. The Morgan fingerprint density at radius 3 is 2.73 bits per heavy atom. The second-order valence-electron chi connectivity index (χ2n) is 9.08. The van der Waals surface area contributed by atoms with E-state index in [1.807, 2.05) is 13.8 Å². The molecule has 8 nitrogen and oxygen atoms in total. The Labute approximate surface area is 174 Å². The van der Waals surface area contributed by atoms with Crippen molar-refractivity contribution in [3.8, 4) is 0 Å². The third-order valence-corrected chi connectivity index (χ3v) is 6.88. The van der Waals surface area contributed by atoms with Crippen LogP contribution in [0.2, 0.25) is 0 Å². The van der Waals surface area contributed by atoms with E-state index < -0.39 is 0 Å². The number of hydrogen-bond donors (Lipinski definition) is 3. The summed E-state index contributed by atoms with van der Waals surface area (Å²) in [7, 11) is 0. The number of benzene rings is 1. The summed E-state index contributed by atoms with van der Waals surface area (Å²) in [5.41, 5.74) is 9.11. The van der Waals surface area contributed by atoms with E-state index in [1.165, 1.54) is 0 Å². The largest absolute Gasteiger partial charge is 0.377 e. The predicted octanol–water partition coefficient (Wildman–Crippen LogP) is 2.50. The quantitative estimate of drug-likeness (QED) is 0.662. The highest BCUT2D eigenvalue weighted by atomic mass is 16.2. The van der Waals surface area contributed by atoms with Gasteiger partial charge in [0.25, 0.3) is 0 Å². The molecule has 3 heterocycles. The molecular formula is C22H27N6O2+. The van der Waals surface area contributed by atoms with Gasteiger partial charge in [0.15, 0.2) is 5.95 Å². The molecule has 0 saturated carbocycles. The SMILES string of the molecule is CC(C)[N+]1(C(=O)c2ccc3[nH]c(N)nc3c2)N=CC2=C1C(=O)CC1(CCNCC1)C2. The van der Waals surface area contributed by atoms with Gasteiger partial charge in [0.1, 0.15) is 6.04 Å². The minimum atomic E-state index is -0.298. The number of allylic oxidation sites excluding steroid dienone is 2. The molecule has 0 bridgehead atoms. The maximum absolute atomic E-state index is 13.8. The number of piperidine rings is 1. The van der Waals surface area contributed by atoms with Crippen molar-refractivity contribution in [1.29, 1.82) is 0 Å². The van der Waals surface area contributed by atoms with Crippen molar-refractivity contribution in [3.63, 3.8) is 0 Å². The fraction of sp³-hybridized carbons (Fsp3) is 0.455. The number of fused-ring (bicyclic) bond motifs is 1. The van der Waals surface area contributed by atoms with Crippen LogP contribution in [-0.2, 0) is 4.79 Å². The lowest BCUT2D eigenvalue weighted by Gasteiger charge is -2.41. The van der Waals surface area contributed by atoms with Crippen LogP contribution in [0.5, 0.6) is 0 Å². The molecule has 1 unspecified atom stereocenters. The summed E-state index contributed by atoms with van der Waals surface area (Å²) in [5, 5.41) is 8.09. The molecule has 1 fully saturated rings. The van der Waals surface area contributed by atoms with Gasteiger partial charge in [-0.2, -0.15) is 0 Å². The summed E-state index contributed by atoms with van der Waals surface area (Å²) >= 11 is 0. The van der Waals surface area contributed by atoms with Crippen LogP contribution in [-0.4, -0.2) is 51.6 Å². The van der Waals surface area contributed by atoms with Crippen molar-refractivity contribution >= 4 is 34.9 Å². The number of carbonyl (C=O) groups excluding carboxylic acids is 2. The molecule has 1 aromatic carbocycles. The first-order valence-electron chi connectivity index (χ1n) is 10.6. The number of nitrogens with one attached hydrogen (secondary N) is 2. The maximum Gasteiger partial charge on any atom is 0.377 e. The molecule has 156 valence electrons. The molecule has 30 heavy (non-hydrogen) atoms. The van der Waals surface area contributed by atoms with Gasteiger partial charge in [0.05, 0.1) is 22.8 Å². The number of quaternary nitrogens is 1. The molecular weight excluding hydrogens is 380 g/mol. The van der Waals surface area contributed by atoms with Crippen molar-refractivity contribution in [1.82, 2.24) is 15.3 Å². The van der Waals surface area contributed by atoms with Crippen molar-refractivity contribution < 1.29 is 14.2 Å². The Bertz CT molecular complexity index is 1120. The number of Topliss-reactive ketones (excluding diaryl/α,β-unsaturated/α-hetero) is 1. The van der Waals surface area contributed by atoms with Crippen LogP contribution in [0.1, 0.15) is 49.9 Å². The summed E-state index contributed by atoms with van der Waals surface area (Å²) in [6.45, 7) is 5.75. The van der Waals surface area contributed by atoms with Crippen molar-refractivity contribution in [3.05, 3.63) is 35.0 Å². The van der Waals surface area contributed by atoms with Crippen molar-refractivity contribution in [2.45, 2.75) is 45.6 Å². The van der Waals surface area contributed by atoms with Crippen LogP contribution in [0, 0.1) is 5.41 Å². The Kier molecular flexibility index (Phi) is 4.20. The van der Waals surface area contributed by atoms with Gasteiger partial charge in [-0.1, -0.05) is 9.69 Å². The number of anilines is 1. The number of nitrogen functional groups attached to an aromatic ring is 1. The van der Waals surface area contributed by atoms with Gasteiger partial charge < -0.3 is 16.0 Å². The highest BCUT2D eigenvalue weighted by Gasteiger charge is 2.57. The predicted molar refractivity (Wildman–Crippen MR) is 115 cm³/mol. The highest BCUT2D eigenvalue weighted by molar-refractivity contribution is 6.06. The number of nitrogens with two attached hydrogens (primary N) is 1. The van der Waals surface area contributed by atoms with E-state index in [0.29, 0.717) is 29.1 Å². The molecule has 5 rings (SSSR count). The van der Waals surface area contributed by atoms with Gasteiger partial charge in [-0.05, 0) is 69.8 Å². The van der Waals surface area contributed by atoms with Crippen LogP contribution in [0.15, 0.2) is 34.6 Å². The van der Waals surface area contributed by atoms with Crippen LogP contribution < -0.4 is 11.1 Å². The lowest BCUT2D eigenvalue weighted by atomic mass is 9.67. The average molecular weight is 407 g/mol. The number of amides is 1. The van der Waals surface area contributed by atoms with E-state index in [2.05, 4.69) is 15.3 Å². The van der Waals surface area contributed by atoms with Crippen molar-refractivity contribution in [2.75, 3.05) is 18.8 Å². The molecule has 1 amide bonds. The van der Waals surface area contributed by atoms with E-state index in [9.17, 15) is 9.59 Å². The summed E-state index contributed by atoms with van der Waals surface area (Å²) in [6.07, 6.45) is 5.05. The minimum absolute atomic E-state index is 0.00130. The fourth-order valence-electron chi connectivity index (χ4n) is 5.33. The molecule has 1 spiro atoms. The first-order valence-corrected chi connectivity index (χ1v) is 10.6. The number of nitrogens with zero attached hydrogens (tertiary/aromatic N) is 3. The zero-order valence-electron chi connectivity index (χ0n) is 17.4. The van der Waals surface area contributed by atoms with E-state index >= 15 is 0 Å². The Morgan fingerprint density at radius 2 is 2.00 bits per heavy atom. The third kappa shape index (κ3) is 2.67. The smallest absolute Gasteiger partial charge is 0.369 e. The van der Waals surface area contributed by atoms with E-state index in [4.69, 9.17) is 10.8 Å². The molecule has 2 aromatic rings. The molecule has 1 aromatic heterocycles. The first-order chi connectivity index (χ1) is 14.3. The average Bonchev–Trinajstić information content (AvgIpc) is 3.27. The van der Waals surface area contributed by atoms with Gasteiger partial charge in [-0.15, -0.1) is 0 Å². The van der Waals surface area contributed by atoms with E-state index in [0.717, 1.165) is 43.4 Å². The van der Waals surface area contributed by atoms with Gasteiger partial charge in [-0.25, -0.2) is 9.78 Å². The monoisotopic (exact) mass is 407 g/mol. The summed E-state index contributed by atoms with van der Waals surface area (Å²) in [4.78, 5) is 34.5. The molecule has 1 aliphatic carbocycles. The zero-order valence-corrected chi connectivity index (χ0v) is 17.4. The van der Waals surface area contributed by atoms with E-state index in [1.54, 1.807) is 24.4 Å². The Morgan fingerprint density at radius 1 is 1.23 bits per heavy atom. The zero-order chi connectivity index (χ0) is 21.1. The molecule has 2 aliphatic heterocycles. The Balaban J connectivity index is 1.58. The van der Waals surface area contributed by atoms with E-state index in [-0.39, 0.29) is 27.7 Å². The number of hydrogen-bond acceptors (Lipinski definition) is 6. The number of aromatic amines is 1. The topological polar surface area (TPSA) is 113 Å². The number of ketones is 1. The van der Waals surface area contributed by atoms with Crippen molar-refractivity contribution in [2.24, 2.45) is 10.5 Å². The number of aromatic nitrogens is 2. The standard InChI is InChI=1S/C22H26N6O2/c1-13(2)28(20(30)14-3-4-16-17(9-14)27-21(23)26-16)19-15(12-25-28)10-22(11-18(19)29)5-7-24-8-6-22/h3-4,9,12-13,24H,5-8,10-11H2,1-2H3,(H2-,23,25,26,27,29,30)/p+1. The van der Waals surface area contributed by atoms with Crippen LogP contribution in [0.3, 0.4) is 0 Å². The summed E-state index contributed by atoms with van der Waals surface area (Å²) < 4.78 is -0.298. The van der Waals surface area contributed by atoms with Gasteiger partial charge in [0.2, 0.25) is 11.5 Å². The fourth-order valence-corrected chi connectivity index (χ4v) is 5.33. The number of imidazole rings is 1. The Hall–Kier alpha value is -2.84. The lowest BCUT2D eigenvalue weighted by Crippen LogP contribution is -2.54. The number of H-pyrrole nitrogens is 1. The highest BCUT2D eigenvalue weighted by Crippen LogP contribution is 2.48. The summed E-state index contributed by atoms with van der Waals surface area (Å²) in [5.74, 6) is 0.161. The minimum Gasteiger partial charge on any atom is -0.369 e. The molecule has 4 N–H and O–H groups in total. The maximum atomic E-state index is 13.8. The second-order valence-corrected chi connectivity index (χ2v) is 9.08. The molecule has 1 saturated heterocycles. The van der Waals surface area contributed by atoms with Gasteiger partial charge >= 0.3 is 5.91 Å². The lowest BCUT2D eigenvalue weighted by molar-refractivity contribution is -0.833. The summed E-state index contributed by atoms with van der Waals surface area (Å²) in [6, 6.07) is 5.07. The number of carbonyl (C=O) groups is 2. The molecule has 1 atom stereocenters. The molecule has 8 heteroatoms. The normalized spacial score (nSPS) is 25.5. The molecule has 3 aliphatic rings. The van der Waals surface area contributed by atoms with Crippen LogP contribution in [0.25, 0.3) is 11.0 Å². The van der Waals surface area contributed by atoms with Gasteiger partial charge in [0, 0.05) is 12.0 Å². The first kappa shape index (κ1) is 19.1. The number of rotatable bonds is 2. The third-order valence-electron chi connectivity index (χ3n) is 6.88. The van der Waals surface area contributed by atoms with Gasteiger partial charge in [-0.3, -0.25) is 4.79 Å². The van der Waals surface area contributed by atoms with Crippen LogP contribution >= 0.6 is 0 Å².